The maximum Gasteiger partial charge on any atom is 0.224 e. The number of nitrogens with two attached hydrogens (primary N) is 1. The predicted molar refractivity (Wildman–Crippen MR) is 72.8 cm³/mol. The number of nitrogen functional groups attached to an aromatic ring is 1. The van der Waals surface area contributed by atoms with Crippen LogP contribution in [0.5, 0.6) is 0 Å². The Morgan fingerprint density at radius 2 is 2.00 bits per heavy atom. The van der Waals surface area contributed by atoms with E-state index in [0.717, 1.165) is 37.9 Å². The molecule has 2 N–H and O–H groups in total. The molecule has 0 atom stereocenters. The average Bonchev–Trinajstić information content (AvgIpc) is 3.17. The first-order valence-corrected chi connectivity index (χ1v) is 6.85. The molecule has 0 unspecified atom stereocenters. The van der Waals surface area contributed by atoms with E-state index in [1.165, 1.54) is 19.4 Å². The summed E-state index contributed by atoms with van der Waals surface area (Å²) >= 11 is 5.83. The van der Waals surface area contributed by atoms with Gasteiger partial charge in [0.15, 0.2) is 5.82 Å². The van der Waals surface area contributed by atoms with E-state index in [0.29, 0.717) is 5.69 Å². The molecule has 98 valence electrons. The molecule has 5 nitrogen and oxygen atoms in total. The van der Waals surface area contributed by atoms with Crippen molar-refractivity contribution in [1.82, 2.24) is 14.9 Å². The number of hydrogen-bond acceptors (Lipinski definition) is 5. The molecular formula is C12H18ClN5. The molecule has 0 aromatic carbocycles. The van der Waals surface area contributed by atoms with E-state index in [1.807, 2.05) is 0 Å². The first-order chi connectivity index (χ1) is 8.72. The fourth-order valence-electron chi connectivity index (χ4n) is 2.42. The summed E-state index contributed by atoms with van der Waals surface area (Å²) in [5, 5.41) is 0.264. The molecule has 1 saturated carbocycles. The molecule has 1 aromatic rings. The standard InChI is InChI=1S/C12H18ClN5/c13-12-15-7-10(14)11(16-12)18-5-3-17(4-6-18)8-9-1-2-9/h7,9H,1-6,8,14H2. The molecule has 1 saturated heterocycles. The van der Waals surface area contributed by atoms with Gasteiger partial charge in [0, 0.05) is 32.7 Å². The zero-order valence-corrected chi connectivity index (χ0v) is 11.1. The Morgan fingerprint density at radius 3 is 2.67 bits per heavy atom. The van der Waals surface area contributed by atoms with Gasteiger partial charge < -0.3 is 10.6 Å². The average molecular weight is 268 g/mol. The van der Waals surface area contributed by atoms with Gasteiger partial charge >= 0.3 is 0 Å². The van der Waals surface area contributed by atoms with Gasteiger partial charge in [-0.1, -0.05) is 0 Å². The van der Waals surface area contributed by atoms with Crippen molar-refractivity contribution in [2.45, 2.75) is 12.8 Å². The minimum Gasteiger partial charge on any atom is -0.394 e. The number of piperazine rings is 1. The normalized spacial score (nSPS) is 21.3. The summed E-state index contributed by atoms with van der Waals surface area (Å²) in [6.45, 7) is 5.34. The molecular weight excluding hydrogens is 250 g/mol. The minimum absolute atomic E-state index is 0.264. The molecule has 3 rings (SSSR count). The van der Waals surface area contributed by atoms with Crippen LogP contribution in [0.4, 0.5) is 11.5 Å². The molecule has 2 fully saturated rings. The van der Waals surface area contributed by atoms with Gasteiger partial charge in [-0.3, -0.25) is 4.90 Å². The molecule has 2 aliphatic rings. The maximum absolute atomic E-state index is 5.91. The van der Waals surface area contributed by atoms with Crippen molar-refractivity contribution in [3.05, 3.63) is 11.5 Å². The van der Waals surface area contributed by atoms with E-state index in [9.17, 15) is 0 Å². The maximum atomic E-state index is 5.91. The number of halogens is 1. The van der Waals surface area contributed by atoms with Gasteiger partial charge in [0.1, 0.15) is 0 Å². The van der Waals surface area contributed by atoms with Crippen molar-refractivity contribution in [2.75, 3.05) is 43.4 Å². The summed E-state index contributed by atoms with van der Waals surface area (Å²) in [5.74, 6) is 1.73. The van der Waals surface area contributed by atoms with Crippen LogP contribution in [0, 0.1) is 5.92 Å². The van der Waals surface area contributed by atoms with Crippen molar-refractivity contribution >= 4 is 23.1 Å². The highest BCUT2D eigenvalue weighted by Crippen LogP contribution is 2.30. The van der Waals surface area contributed by atoms with E-state index < -0.39 is 0 Å². The fourth-order valence-corrected chi connectivity index (χ4v) is 2.55. The molecule has 1 aromatic heterocycles. The summed E-state index contributed by atoms with van der Waals surface area (Å²) in [4.78, 5) is 12.9. The molecule has 0 radical (unpaired) electrons. The summed E-state index contributed by atoms with van der Waals surface area (Å²) < 4.78 is 0. The van der Waals surface area contributed by atoms with Crippen molar-refractivity contribution in [2.24, 2.45) is 5.92 Å². The highest BCUT2D eigenvalue weighted by atomic mass is 35.5. The third-order valence-electron chi connectivity index (χ3n) is 3.65. The number of aromatic nitrogens is 2. The first-order valence-electron chi connectivity index (χ1n) is 6.47. The predicted octanol–water partition coefficient (Wildman–Crippen LogP) is 1.24. The van der Waals surface area contributed by atoms with Crippen LogP contribution >= 0.6 is 11.6 Å². The van der Waals surface area contributed by atoms with Crippen molar-refractivity contribution < 1.29 is 0 Å². The zero-order valence-electron chi connectivity index (χ0n) is 10.3. The largest absolute Gasteiger partial charge is 0.394 e. The lowest BCUT2D eigenvalue weighted by Gasteiger charge is -2.35. The monoisotopic (exact) mass is 267 g/mol. The molecule has 1 aliphatic carbocycles. The lowest BCUT2D eigenvalue weighted by Crippen LogP contribution is -2.47. The number of hydrogen-bond donors (Lipinski definition) is 1. The number of rotatable bonds is 3. The third-order valence-corrected chi connectivity index (χ3v) is 3.83. The van der Waals surface area contributed by atoms with Gasteiger partial charge in [-0.25, -0.2) is 4.98 Å². The smallest absolute Gasteiger partial charge is 0.224 e. The minimum atomic E-state index is 0.264. The van der Waals surface area contributed by atoms with Crippen LogP contribution in [0.15, 0.2) is 6.20 Å². The quantitative estimate of drug-likeness (QED) is 0.835. The van der Waals surface area contributed by atoms with Gasteiger partial charge in [-0.05, 0) is 30.4 Å². The van der Waals surface area contributed by atoms with E-state index in [1.54, 1.807) is 6.20 Å². The Hall–Kier alpha value is -1.07. The van der Waals surface area contributed by atoms with E-state index >= 15 is 0 Å². The number of anilines is 2. The summed E-state index contributed by atoms with van der Waals surface area (Å²) in [6.07, 6.45) is 4.41. The Morgan fingerprint density at radius 1 is 1.28 bits per heavy atom. The Kier molecular flexibility index (Phi) is 3.26. The fraction of sp³-hybridized carbons (Fsp3) is 0.667. The van der Waals surface area contributed by atoms with Crippen LogP contribution in [-0.4, -0.2) is 47.6 Å². The molecule has 0 bridgehead atoms. The van der Waals surface area contributed by atoms with Crippen molar-refractivity contribution in [3.8, 4) is 0 Å². The lowest BCUT2D eigenvalue weighted by molar-refractivity contribution is 0.247. The van der Waals surface area contributed by atoms with Crippen LogP contribution in [-0.2, 0) is 0 Å². The number of nitrogens with zero attached hydrogens (tertiary/aromatic N) is 4. The van der Waals surface area contributed by atoms with Crippen LogP contribution in [0.1, 0.15) is 12.8 Å². The van der Waals surface area contributed by atoms with Crippen molar-refractivity contribution in [3.63, 3.8) is 0 Å². The van der Waals surface area contributed by atoms with E-state index in [4.69, 9.17) is 17.3 Å². The van der Waals surface area contributed by atoms with E-state index in [2.05, 4.69) is 19.8 Å². The molecule has 6 heteroatoms. The summed E-state index contributed by atoms with van der Waals surface area (Å²) in [7, 11) is 0. The van der Waals surface area contributed by atoms with Gasteiger partial charge in [0.05, 0.1) is 11.9 Å². The molecule has 1 aliphatic heterocycles. The second-order valence-electron chi connectivity index (χ2n) is 5.15. The van der Waals surface area contributed by atoms with Gasteiger partial charge in [0.2, 0.25) is 5.28 Å². The second kappa shape index (κ2) is 4.90. The Labute approximate surface area is 112 Å². The summed E-state index contributed by atoms with van der Waals surface area (Å²) in [6, 6.07) is 0. The van der Waals surface area contributed by atoms with Crippen LogP contribution in [0.25, 0.3) is 0 Å². The second-order valence-corrected chi connectivity index (χ2v) is 5.49. The lowest BCUT2D eigenvalue weighted by atomic mass is 10.2. The topological polar surface area (TPSA) is 58.3 Å². The SMILES string of the molecule is Nc1cnc(Cl)nc1N1CCN(CC2CC2)CC1. The zero-order chi connectivity index (χ0) is 12.5. The molecule has 0 spiro atoms. The first kappa shape index (κ1) is 12.0. The van der Waals surface area contributed by atoms with Crippen LogP contribution in [0.2, 0.25) is 5.28 Å². The van der Waals surface area contributed by atoms with Crippen LogP contribution < -0.4 is 10.6 Å². The highest BCUT2D eigenvalue weighted by molar-refractivity contribution is 6.28. The summed E-state index contributed by atoms with van der Waals surface area (Å²) in [5.41, 5.74) is 6.51. The molecule has 2 heterocycles. The van der Waals surface area contributed by atoms with E-state index in [-0.39, 0.29) is 5.28 Å². The van der Waals surface area contributed by atoms with Gasteiger partial charge in [0.25, 0.3) is 0 Å². The molecule has 0 amide bonds. The van der Waals surface area contributed by atoms with Crippen molar-refractivity contribution in [1.29, 1.82) is 0 Å². The van der Waals surface area contributed by atoms with Gasteiger partial charge in [-0.2, -0.15) is 4.98 Å². The Bertz CT molecular complexity index is 426. The Balaban J connectivity index is 1.62. The third kappa shape index (κ3) is 2.67. The van der Waals surface area contributed by atoms with Gasteiger partial charge in [-0.15, -0.1) is 0 Å². The highest BCUT2D eigenvalue weighted by Gasteiger charge is 2.27. The van der Waals surface area contributed by atoms with Crippen LogP contribution in [0.3, 0.4) is 0 Å². The molecule has 18 heavy (non-hydrogen) atoms.